The molecular weight excluding hydrogens is 361 g/mol. The Balaban J connectivity index is 2.01. The zero-order valence-corrected chi connectivity index (χ0v) is 15.7. The molecule has 1 atom stereocenters. The second kappa shape index (κ2) is 8.37. The van der Waals surface area contributed by atoms with E-state index in [9.17, 15) is 9.59 Å². The lowest BCUT2D eigenvalue weighted by Crippen LogP contribution is -2.30. The van der Waals surface area contributed by atoms with Crippen LogP contribution in [0.1, 0.15) is 42.6 Å². The van der Waals surface area contributed by atoms with Crippen LogP contribution in [0.2, 0.25) is 10.0 Å². The fourth-order valence-corrected chi connectivity index (χ4v) is 2.71. The molecule has 0 saturated heterocycles. The third-order valence-corrected chi connectivity index (χ3v) is 4.29. The van der Waals surface area contributed by atoms with E-state index in [1.165, 1.54) is 24.6 Å². The maximum Gasteiger partial charge on any atom is 0.341 e. The molecule has 0 aliphatic carbocycles. The first-order valence-corrected chi connectivity index (χ1v) is 8.61. The van der Waals surface area contributed by atoms with E-state index in [0.717, 1.165) is 0 Å². The summed E-state index contributed by atoms with van der Waals surface area (Å²) in [5, 5.41) is 3.06. The number of rotatable bonds is 5. The van der Waals surface area contributed by atoms with Crippen molar-refractivity contribution in [2.75, 3.05) is 5.32 Å². The van der Waals surface area contributed by atoms with E-state index in [4.69, 9.17) is 27.9 Å². The zero-order valence-electron chi connectivity index (χ0n) is 14.2. The number of carbonyl (C=O) groups excluding carboxylic acids is 2. The van der Waals surface area contributed by atoms with E-state index in [1.807, 2.05) is 24.3 Å². The van der Waals surface area contributed by atoms with Crippen LogP contribution in [0.5, 0.6) is 0 Å². The molecule has 1 N–H and O–H groups in total. The van der Waals surface area contributed by atoms with E-state index in [-0.39, 0.29) is 15.6 Å². The fraction of sp³-hybridized carbons (Fsp3) is 0.263. The number of halogens is 2. The van der Waals surface area contributed by atoms with Crippen LogP contribution in [0.4, 0.5) is 5.69 Å². The molecule has 2 aromatic carbocycles. The van der Waals surface area contributed by atoms with Gasteiger partial charge in [0.2, 0.25) is 0 Å². The van der Waals surface area contributed by atoms with Crippen molar-refractivity contribution in [3.63, 3.8) is 0 Å². The molecule has 0 fully saturated rings. The molecule has 25 heavy (non-hydrogen) atoms. The minimum atomic E-state index is -0.996. The van der Waals surface area contributed by atoms with E-state index in [2.05, 4.69) is 19.2 Å². The Morgan fingerprint density at radius 3 is 2.04 bits per heavy atom. The highest BCUT2D eigenvalue weighted by Gasteiger charge is 2.22. The Morgan fingerprint density at radius 2 is 1.52 bits per heavy atom. The first-order chi connectivity index (χ1) is 11.8. The predicted molar refractivity (Wildman–Crippen MR) is 101 cm³/mol. The molecule has 0 heterocycles. The van der Waals surface area contributed by atoms with Crippen LogP contribution in [-0.4, -0.2) is 18.0 Å². The fourth-order valence-electron chi connectivity index (χ4n) is 2.16. The summed E-state index contributed by atoms with van der Waals surface area (Å²) in [6, 6.07) is 12.2. The molecule has 6 heteroatoms. The minimum absolute atomic E-state index is 0.0479. The molecule has 0 spiro atoms. The third-order valence-electron chi connectivity index (χ3n) is 3.66. The molecule has 132 valence electrons. The van der Waals surface area contributed by atoms with Crippen LogP contribution in [0.25, 0.3) is 0 Å². The Kier molecular flexibility index (Phi) is 6.45. The number of esters is 1. The van der Waals surface area contributed by atoms with Gasteiger partial charge in [-0.1, -0.05) is 55.2 Å². The molecule has 4 nitrogen and oxygen atoms in total. The standard InChI is InChI=1S/C19H19Cl2NO3/c1-11(2)13-7-9-14(10-8-13)22-18(23)12(3)25-19(24)17-15(20)5-4-6-16(17)21/h4-12H,1-3H3,(H,22,23). The van der Waals surface area contributed by atoms with Crippen LogP contribution in [0.3, 0.4) is 0 Å². The van der Waals surface area contributed by atoms with Gasteiger partial charge in [-0.05, 0) is 42.7 Å². The number of hydrogen-bond donors (Lipinski definition) is 1. The lowest BCUT2D eigenvalue weighted by Gasteiger charge is -2.15. The van der Waals surface area contributed by atoms with E-state index >= 15 is 0 Å². The number of nitrogens with one attached hydrogen (secondary N) is 1. The van der Waals surface area contributed by atoms with Crippen LogP contribution in [-0.2, 0) is 9.53 Å². The van der Waals surface area contributed by atoms with Gasteiger partial charge >= 0.3 is 5.97 Å². The second-order valence-electron chi connectivity index (χ2n) is 5.91. The number of ether oxygens (including phenoxy) is 1. The summed E-state index contributed by atoms with van der Waals surface area (Å²) in [6.45, 7) is 5.67. The highest BCUT2D eigenvalue weighted by molar-refractivity contribution is 6.39. The molecule has 0 bridgehead atoms. The summed E-state index contributed by atoms with van der Waals surface area (Å²) < 4.78 is 5.17. The van der Waals surface area contributed by atoms with Gasteiger partial charge in [0.15, 0.2) is 6.10 Å². The molecule has 1 unspecified atom stereocenters. The van der Waals surface area contributed by atoms with E-state index in [0.29, 0.717) is 11.6 Å². The molecule has 0 saturated carbocycles. The molecule has 2 rings (SSSR count). The first kappa shape index (κ1) is 19.3. The number of anilines is 1. The topological polar surface area (TPSA) is 55.4 Å². The first-order valence-electron chi connectivity index (χ1n) is 7.85. The van der Waals surface area contributed by atoms with Gasteiger partial charge in [0.25, 0.3) is 5.91 Å². The van der Waals surface area contributed by atoms with Crippen molar-refractivity contribution in [2.45, 2.75) is 32.8 Å². The lowest BCUT2D eigenvalue weighted by atomic mass is 10.0. The van der Waals surface area contributed by atoms with Crippen molar-refractivity contribution >= 4 is 40.8 Å². The summed E-state index contributed by atoms with van der Waals surface area (Å²) in [4.78, 5) is 24.4. The maximum absolute atomic E-state index is 12.2. The van der Waals surface area contributed by atoms with Crippen LogP contribution >= 0.6 is 23.2 Å². The number of hydrogen-bond acceptors (Lipinski definition) is 3. The van der Waals surface area contributed by atoms with Crippen molar-refractivity contribution in [3.05, 3.63) is 63.6 Å². The Hall–Kier alpha value is -2.04. The van der Waals surface area contributed by atoms with Gasteiger partial charge in [0.05, 0.1) is 15.6 Å². The van der Waals surface area contributed by atoms with Crippen molar-refractivity contribution in [2.24, 2.45) is 0 Å². The van der Waals surface area contributed by atoms with Crippen molar-refractivity contribution < 1.29 is 14.3 Å². The van der Waals surface area contributed by atoms with Crippen molar-refractivity contribution in [1.29, 1.82) is 0 Å². The molecule has 2 aromatic rings. The van der Waals surface area contributed by atoms with E-state index in [1.54, 1.807) is 6.07 Å². The minimum Gasteiger partial charge on any atom is -0.449 e. The SMILES string of the molecule is CC(OC(=O)c1c(Cl)cccc1Cl)C(=O)Nc1ccc(C(C)C)cc1. The molecule has 0 aliphatic heterocycles. The van der Waals surface area contributed by atoms with Crippen molar-refractivity contribution in [1.82, 2.24) is 0 Å². The number of benzene rings is 2. The normalized spacial score (nSPS) is 11.9. The Bertz CT molecular complexity index is 752. The molecule has 0 aromatic heterocycles. The van der Waals surface area contributed by atoms with Crippen LogP contribution in [0.15, 0.2) is 42.5 Å². The maximum atomic E-state index is 12.2. The smallest absolute Gasteiger partial charge is 0.341 e. The predicted octanol–water partition coefficient (Wildman–Crippen LogP) is 5.30. The largest absolute Gasteiger partial charge is 0.449 e. The summed E-state index contributed by atoms with van der Waals surface area (Å²) in [6.07, 6.45) is -0.996. The van der Waals surface area contributed by atoms with Gasteiger partial charge in [0.1, 0.15) is 0 Å². The molecular formula is C19H19Cl2NO3. The van der Waals surface area contributed by atoms with Gasteiger partial charge in [-0.25, -0.2) is 4.79 Å². The zero-order chi connectivity index (χ0) is 18.6. The number of carbonyl (C=O) groups is 2. The average molecular weight is 380 g/mol. The summed E-state index contributed by atoms with van der Waals surface area (Å²) >= 11 is 11.9. The average Bonchev–Trinajstić information content (AvgIpc) is 2.55. The van der Waals surface area contributed by atoms with Gasteiger partial charge in [-0.15, -0.1) is 0 Å². The van der Waals surface area contributed by atoms with Crippen LogP contribution < -0.4 is 5.32 Å². The van der Waals surface area contributed by atoms with Crippen LogP contribution in [0, 0.1) is 0 Å². The lowest BCUT2D eigenvalue weighted by molar-refractivity contribution is -0.123. The van der Waals surface area contributed by atoms with Gasteiger partial charge in [-0.2, -0.15) is 0 Å². The highest BCUT2D eigenvalue weighted by atomic mass is 35.5. The third kappa shape index (κ3) is 4.97. The summed E-state index contributed by atoms with van der Waals surface area (Å²) in [5.41, 5.74) is 1.85. The van der Waals surface area contributed by atoms with Gasteiger partial charge < -0.3 is 10.1 Å². The van der Waals surface area contributed by atoms with Gasteiger partial charge in [0, 0.05) is 5.69 Å². The number of amides is 1. The molecule has 1 amide bonds. The van der Waals surface area contributed by atoms with Crippen molar-refractivity contribution in [3.8, 4) is 0 Å². The Labute approximate surface area is 157 Å². The molecule has 0 radical (unpaired) electrons. The monoisotopic (exact) mass is 379 g/mol. The summed E-state index contributed by atoms with van der Waals surface area (Å²) in [7, 11) is 0. The Morgan fingerprint density at radius 1 is 0.960 bits per heavy atom. The van der Waals surface area contributed by atoms with Gasteiger partial charge in [-0.3, -0.25) is 4.79 Å². The second-order valence-corrected chi connectivity index (χ2v) is 6.72. The quantitative estimate of drug-likeness (QED) is 0.716. The van der Waals surface area contributed by atoms with E-state index < -0.39 is 18.0 Å². The summed E-state index contributed by atoms with van der Waals surface area (Å²) in [5.74, 6) is -0.771. The molecule has 0 aliphatic rings. The highest BCUT2D eigenvalue weighted by Crippen LogP contribution is 2.25.